The minimum Gasteiger partial charge on any atom is -0.506 e. The minimum absolute atomic E-state index is 0.0484. The Kier molecular flexibility index (Phi) is 6.21. The molecule has 1 atom stereocenters. The lowest BCUT2D eigenvalue weighted by Gasteiger charge is -2.24. The third-order valence-corrected chi connectivity index (χ3v) is 7.09. The molecule has 1 aliphatic heterocycles. The van der Waals surface area contributed by atoms with Crippen LogP contribution in [0, 0.1) is 5.41 Å². The Balaban J connectivity index is 1.84. The number of nitrogens with one attached hydrogen (secondary N) is 1. The number of carbonyl (C=O) groups is 1. The van der Waals surface area contributed by atoms with Crippen molar-refractivity contribution in [1.29, 1.82) is 0 Å². The molecule has 0 radical (unpaired) electrons. The predicted molar refractivity (Wildman–Crippen MR) is 135 cm³/mol. The summed E-state index contributed by atoms with van der Waals surface area (Å²) in [6.07, 6.45) is 0.691. The first kappa shape index (κ1) is 24.5. The highest BCUT2D eigenvalue weighted by molar-refractivity contribution is 7.65. The molecule has 1 unspecified atom stereocenters. The molecule has 1 amide bonds. The van der Waals surface area contributed by atoms with Crippen molar-refractivity contribution in [3.8, 4) is 11.5 Å². The van der Waals surface area contributed by atoms with Gasteiger partial charge in [-0.1, -0.05) is 32.9 Å². The molecule has 0 saturated heterocycles. The maximum Gasteiger partial charge on any atom is 0.346 e. The van der Waals surface area contributed by atoms with Crippen LogP contribution in [0.4, 0.5) is 5.69 Å². The molecule has 11 heteroatoms. The van der Waals surface area contributed by atoms with Crippen LogP contribution < -0.4 is 26.7 Å². The fourth-order valence-electron chi connectivity index (χ4n) is 3.83. The molecule has 0 spiro atoms. The number of aromatic hydroxyl groups is 1. The van der Waals surface area contributed by atoms with E-state index in [2.05, 4.69) is 30.9 Å². The number of anilines is 1. The van der Waals surface area contributed by atoms with Crippen molar-refractivity contribution in [2.24, 2.45) is 15.9 Å². The third kappa shape index (κ3) is 4.94. The molecule has 3 aromatic rings. The van der Waals surface area contributed by atoms with Gasteiger partial charge in [-0.3, -0.25) is 14.2 Å². The van der Waals surface area contributed by atoms with Crippen LogP contribution in [0.1, 0.15) is 32.8 Å². The second-order valence-corrected chi connectivity index (χ2v) is 11.3. The molecule has 0 fully saturated rings. The molecule has 0 bridgehead atoms. The molecule has 1 aromatic heterocycles. The van der Waals surface area contributed by atoms with Gasteiger partial charge in [0.15, 0.2) is 12.4 Å². The first-order valence-electron chi connectivity index (χ1n) is 11.0. The van der Waals surface area contributed by atoms with E-state index in [0.29, 0.717) is 23.9 Å². The molecular weight excluding hydrogens is 471 g/mol. The van der Waals surface area contributed by atoms with Crippen molar-refractivity contribution in [3.05, 3.63) is 58.4 Å². The van der Waals surface area contributed by atoms with Crippen LogP contribution >= 0.6 is 7.52 Å². The predicted octanol–water partition coefficient (Wildman–Crippen LogP) is 2.69. The largest absolute Gasteiger partial charge is 0.506 e. The number of amidine groups is 1. The Bertz CT molecular complexity index is 1470. The smallest absolute Gasteiger partial charge is 0.346 e. The first-order chi connectivity index (χ1) is 16.4. The number of nitrogens with two attached hydrogens (primary N) is 1. The highest BCUT2D eigenvalue weighted by Gasteiger charge is 2.34. The van der Waals surface area contributed by atoms with E-state index in [4.69, 9.17) is 10.5 Å². The Morgan fingerprint density at radius 1 is 1.23 bits per heavy atom. The number of aromatic nitrogens is 1. The van der Waals surface area contributed by atoms with Gasteiger partial charge in [0.25, 0.3) is 11.5 Å². The summed E-state index contributed by atoms with van der Waals surface area (Å²) in [7, 11) is -4.36. The number of hydrogen-bond donors (Lipinski definition) is 4. The fraction of sp³-hybridized carbons (Fsp3) is 0.292. The maximum atomic E-state index is 13.6. The van der Waals surface area contributed by atoms with Gasteiger partial charge in [0.2, 0.25) is 0 Å². The van der Waals surface area contributed by atoms with Crippen LogP contribution in [-0.4, -0.2) is 32.9 Å². The number of hydrogen-bond acceptors (Lipinski definition) is 6. The summed E-state index contributed by atoms with van der Waals surface area (Å²) in [6, 6.07) is 11.2. The van der Waals surface area contributed by atoms with E-state index in [1.54, 1.807) is 28.8 Å². The van der Waals surface area contributed by atoms with Crippen LogP contribution in [0.15, 0.2) is 52.0 Å². The van der Waals surface area contributed by atoms with Crippen molar-refractivity contribution < 1.29 is 24.1 Å². The second kappa shape index (κ2) is 8.87. The summed E-state index contributed by atoms with van der Waals surface area (Å²) >= 11 is 0. The van der Waals surface area contributed by atoms with Crippen LogP contribution in [0.2, 0.25) is 0 Å². The zero-order chi connectivity index (χ0) is 25.5. The van der Waals surface area contributed by atoms with E-state index in [1.807, 2.05) is 0 Å². The van der Waals surface area contributed by atoms with Gasteiger partial charge in [0.1, 0.15) is 17.1 Å². The highest BCUT2D eigenvalue weighted by atomic mass is 31.2. The topological polar surface area (TPSA) is 156 Å². The molecule has 184 valence electrons. The highest BCUT2D eigenvalue weighted by Crippen LogP contribution is 2.47. The second-order valence-electron chi connectivity index (χ2n) is 9.56. The summed E-state index contributed by atoms with van der Waals surface area (Å²) in [5.74, 6) is -1.06. The number of primary amides is 1. The number of amides is 1. The lowest BCUT2D eigenvalue weighted by atomic mass is 9.92. The molecule has 10 nitrogen and oxygen atoms in total. The van der Waals surface area contributed by atoms with E-state index in [1.165, 1.54) is 18.2 Å². The van der Waals surface area contributed by atoms with E-state index < -0.39 is 25.6 Å². The van der Waals surface area contributed by atoms with Crippen LogP contribution in [0.5, 0.6) is 11.5 Å². The van der Waals surface area contributed by atoms with Crippen LogP contribution in [0.3, 0.4) is 0 Å². The molecular formula is C24H27N4O6P. The number of benzene rings is 2. The van der Waals surface area contributed by atoms with Crippen LogP contribution in [0.25, 0.3) is 10.9 Å². The quantitative estimate of drug-likeness (QED) is 0.381. The number of rotatable bonds is 6. The summed E-state index contributed by atoms with van der Waals surface area (Å²) in [5.41, 5.74) is 5.10. The average molecular weight is 498 g/mol. The summed E-state index contributed by atoms with van der Waals surface area (Å²) in [4.78, 5) is 35.3. The van der Waals surface area contributed by atoms with E-state index in [0.717, 1.165) is 0 Å². The Hall–Kier alpha value is -3.62. The zero-order valence-corrected chi connectivity index (χ0v) is 20.5. The molecule has 2 heterocycles. The first-order valence-corrected chi connectivity index (χ1v) is 12.6. The van der Waals surface area contributed by atoms with Crippen molar-refractivity contribution >= 4 is 41.2 Å². The minimum atomic E-state index is -4.36. The Morgan fingerprint density at radius 3 is 2.63 bits per heavy atom. The molecule has 2 aromatic carbocycles. The van der Waals surface area contributed by atoms with Gasteiger partial charge >= 0.3 is 7.52 Å². The van der Waals surface area contributed by atoms with Gasteiger partial charge in [0, 0.05) is 11.9 Å². The molecule has 0 aliphatic carbocycles. The van der Waals surface area contributed by atoms with Crippen molar-refractivity contribution in [1.82, 2.24) is 4.57 Å². The number of carbonyl (C=O) groups excluding carboxylic acids is 1. The Labute approximate surface area is 201 Å². The van der Waals surface area contributed by atoms with Gasteiger partial charge in [-0.2, -0.15) is 4.76 Å². The number of nitrogens with zero attached hydrogens (tertiary/aromatic N) is 2. The van der Waals surface area contributed by atoms with Crippen LogP contribution in [-0.2, 0) is 15.9 Å². The van der Waals surface area contributed by atoms with Crippen molar-refractivity contribution in [2.75, 3.05) is 11.9 Å². The zero-order valence-electron chi connectivity index (χ0n) is 19.6. The summed E-state index contributed by atoms with van der Waals surface area (Å²) < 4.78 is 23.9. The lowest BCUT2D eigenvalue weighted by Crippen LogP contribution is -2.34. The van der Waals surface area contributed by atoms with Gasteiger partial charge in [-0.05, 0) is 42.2 Å². The third-order valence-electron chi connectivity index (χ3n) is 5.62. The molecule has 4 rings (SSSR count). The Morgan fingerprint density at radius 2 is 1.94 bits per heavy atom. The van der Waals surface area contributed by atoms with E-state index in [9.17, 15) is 24.2 Å². The molecule has 5 N–H and O–H groups in total. The molecule has 1 aliphatic rings. The lowest BCUT2D eigenvalue weighted by molar-refractivity contribution is -0.119. The van der Waals surface area contributed by atoms with Gasteiger partial charge in [0.05, 0.1) is 16.5 Å². The van der Waals surface area contributed by atoms with E-state index in [-0.39, 0.29) is 39.3 Å². The number of pyridine rings is 1. The monoisotopic (exact) mass is 498 g/mol. The average Bonchev–Trinajstić information content (AvgIpc) is 2.77. The molecule has 35 heavy (non-hydrogen) atoms. The maximum absolute atomic E-state index is 13.6. The summed E-state index contributed by atoms with van der Waals surface area (Å²) in [5, 5.41) is 14.3. The number of ether oxygens (including phenoxy) is 1. The van der Waals surface area contributed by atoms with Gasteiger partial charge < -0.3 is 30.4 Å². The SMILES string of the molecule is CC(C)(C)CCn1c(=O)c(C2=NP(=O)(O)c3cc(OCC(N)=O)ccc3N2)c(O)c2ccccc21. The fourth-order valence-corrected chi connectivity index (χ4v) is 5.10. The number of para-hydroxylation sites is 1. The summed E-state index contributed by atoms with van der Waals surface area (Å²) in [6.45, 7) is 6.19. The molecule has 0 saturated carbocycles. The normalized spacial score (nSPS) is 17.4. The van der Waals surface area contributed by atoms with E-state index >= 15 is 0 Å². The van der Waals surface area contributed by atoms with Crippen molar-refractivity contribution in [3.63, 3.8) is 0 Å². The number of fused-ring (bicyclic) bond motifs is 2. The van der Waals surface area contributed by atoms with Gasteiger partial charge in [-0.25, -0.2) is 0 Å². The number of aryl methyl sites for hydroxylation is 1. The van der Waals surface area contributed by atoms with Crippen molar-refractivity contribution in [2.45, 2.75) is 33.7 Å². The van der Waals surface area contributed by atoms with Gasteiger partial charge in [-0.15, -0.1) is 0 Å². The standard InChI is InChI=1S/C24H27N4O6P/c1-24(2,3)10-11-28-17-7-5-4-6-15(17)21(30)20(23(28)31)22-26-16-9-8-14(34-13-19(25)29)12-18(16)35(32,33)27-22/h4-9,12,30H,10-11,13H2,1-3H3,(H2,25,29)(H2,26,27,32,33).